The predicted octanol–water partition coefficient (Wildman–Crippen LogP) is 3.92. The summed E-state index contributed by atoms with van der Waals surface area (Å²) in [5.74, 6) is -0.146. The number of anilines is 2. The van der Waals surface area contributed by atoms with Gasteiger partial charge in [0, 0.05) is 23.3 Å². The molecule has 3 aromatic rings. The standard InChI is InChI=1S/C19H18ClN5O2S/c1-12-3-8-16(9-17(12)20)25-11-21-24-19(25)28-10-18(27)23-15-6-4-14(5-7-15)22-13(2)26/h3-9,11H,10H2,1-2H3,(H,22,26)(H,23,27). The molecule has 28 heavy (non-hydrogen) atoms. The maximum Gasteiger partial charge on any atom is 0.234 e. The quantitative estimate of drug-likeness (QED) is 0.595. The van der Waals surface area contributed by atoms with E-state index >= 15 is 0 Å². The van der Waals surface area contributed by atoms with E-state index in [1.807, 2.05) is 25.1 Å². The van der Waals surface area contributed by atoms with Crippen LogP contribution in [0.2, 0.25) is 5.02 Å². The van der Waals surface area contributed by atoms with Crippen LogP contribution in [-0.4, -0.2) is 32.3 Å². The minimum atomic E-state index is -0.172. The van der Waals surface area contributed by atoms with E-state index in [4.69, 9.17) is 11.6 Å². The van der Waals surface area contributed by atoms with E-state index in [2.05, 4.69) is 20.8 Å². The van der Waals surface area contributed by atoms with Gasteiger partial charge in [-0.05, 0) is 48.9 Å². The second-order valence-corrected chi connectivity index (χ2v) is 7.36. The summed E-state index contributed by atoms with van der Waals surface area (Å²) in [6, 6.07) is 12.6. The Kier molecular flexibility index (Phi) is 6.33. The number of benzene rings is 2. The zero-order chi connectivity index (χ0) is 20.1. The van der Waals surface area contributed by atoms with Gasteiger partial charge in [-0.3, -0.25) is 14.2 Å². The predicted molar refractivity (Wildman–Crippen MR) is 111 cm³/mol. The third kappa shape index (κ3) is 5.11. The minimum Gasteiger partial charge on any atom is -0.326 e. The van der Waals surface area contributed by atoms with Crippen molar-refractivity contribution in [2.45, 2.75) is 19.0 Å². The first kappa shape index (κ1) is 19.9. The third-order valence-corrected chi connectivity index (χ3v) is 5.12. The average Bonchev–Trinajstić information content (AvgIpc) is 3.12. The number of carbonyl (C=O) groups excluding carboxylic acids is 2. The van der Waals surface area contributed by atoms with E-state index in [-0.39, 0.29) is 17.6 Å². The van der Waals surface area contributed by atoms with Gasteiger partial charge in [-0.15, -0.1) is 10.2 Å². The molecule has 0 radical (unpaired) electrons. The number of halogens is 1. The molecule has 1 heterocycles. The van der Waals surface area contributed by atoms with Crippen LogP contribution < -0.4 is 10.6 Å². The molecular weight excluding hydrogens is 398 g/mol. The summed E-state index contributed by atoms with van der Waals surface area (Å²) in [7, 11) is 0. The zero-order valence-corrected chi connectivity index (χ0v) is 16.8. The molecule has 0 saturated heterocycles. The Hall–Kier alpha value is -2.84. The van der Waals surface area contributed by atoms with Crippen molar-refractivity contribution >= 4 is 46.6 Å². The molecule has 0 fully saturated rings. The van der Waals surface area contributed by atoms with Crippen molar-refractivity contribution in [2.24, 2.45) is 0 Å². The van der Waals surface area contributed by atoms with Gasteiger partial charge in [0.2, 0.25) is 11.8 Å². The zero-order valence-electron chi connectivity index (χ0n) is 15.3. The first-order valence-electron chi connectivity index (χ1n) is 8.39. The van der Waals surface area contributed by atoms with Crippen molar-refractivity contribution in [3.05, 3.63) is 59.4 Å². The van der Waals surface area contributed by atoms with Crippen molar-refractivity contribution in [3.63, 3.8) is 0 Å². The number of hydrogen-bond donors (Lipinski definition) is 2. The number of nitrogens with one attached hydrogen (secondary N) is 2. The van der Waals surface area contributed by atoms with Gasteiger partial charge in [-0.25, -0.2) is 0 Å². The second kappa shape index (κ2) is 8.90. The second-order valence-electron chi connectivity index (χ2n) is 6.01. The van der Waals surface area contributed by atoms with Crippen LogP contribution in [0.15, 0.2) is 53.9 Å². The van der Waals surface area contributed by atoms with Crippen molar-refractivity contribution in [3.8, 4) is 5.69 Å². The summed E-state index contributed by atoms with van der Waals surface area (Å²) in [6.07, 6.45) is 1.59. The summed E-state index contributed by atoms with van der Waals surface area (Å²) in [4.78, 5) is 23.3. The molecule has 0 aliphatic rings. The number of rotatable bonds is 6. The Morgan fingerprint density at radius 1 is 1.11 bits per heavy atom. The van der Waals surface area contributed by atoms with Crippen LogP contribution in [0.5, 0.6) is 0 Å². The molecule has 0 unspecified atom stereocenters. The fourth-order valence-corrected chi connectivity index (χ4v) is 3.30. The van der Waals surface area contributed by atoms with Gasteiger partial charge in [-0.1, -0.05) is 29.4 Å². The van der Waals surface area contributed by atoms with Gasteiger partial charge < -0.3 is 10.6 Å². The molecule has 7 nitrogen and oxygen atoms in total. The van der Waals surface area contributed by atoms with Crippen molar-refractivity contribution < 1.29 is 9.59 Å². The molecule has 2 N–H and O–H groups in total. The lowest BCUT2D eigenvalue weighted by atomic mass is 10.2. The SMILES string of the molecule is CC(=O)Nc1ccc(NC(=O)CSc2nncn2-c2ccc(C)c(Cl)c2)cc1. The number of hydrogen-bond acceptors (Lipinski definition) is 5. The van der Waals surface area contributed by atoms with Crippen molar-refractivity contribution in [2.75, 3.05) is 16.4 Å². The number of aromatic nitrogens is 3. The lowest BCUT2D eigenvalue weighted by Crippen LogP contribution is -2.14. The average molecular weight is 416 g/mol. The number of aryl methyl sites for hydroxylation is 1. The van der Waals surface area contributed by atoms with Crippen LogP contribution in [0.4, 0.5) is 11.4 Å². The molecule has 144 valence electrons. The highest BCUT2D eigenvalue weighted by Crippen LogP contribution is 2.24. The van der Waals surface area contributed by atoms with Crippen molar-refractivity contribution in [1.82, 2.24) is 14.8 Å². The lowest BCUT2D eigenvalue weighted by molar-refractivity contribution is -0.114. The van der Waals surface area contributed by atoms with Gasteiger partial charge in [0.15, 0.2) is 5.16 Å². The highest BCUT2D eigenvalue weighted by molar-refractivity contribution is 7.99. The van der Waals surface area contributed by atoms with Gasteiger partial charge in [-0.2, -0.15) is 0 Å². The lowest BCUT2D eigenvalue weighted by Gasteiger charge is -2.09. The van der Waals surface area contributed by atoms with Crippen LogP contribution in [0.1, 0.15) is 12.5 Å². The van der Waals surface area contributed by atoms with Gasteiger partial charge >= 0.3 is 0 Å². The van der Waals surface area contributed by atoms with Crippen LogP contribution in [0.25, 0.3) is 5.69 Å². The van der Waals surface area contributed by atoms with E-state index in [1.54, 1.807) is 35.2 Å². The first-order chi connectivity index (χ1) is 13.4. The first-order valence-corrected chi connectivity index (χ1v) is 9.75. The Labute approximate surface area is 171 Å². The smallest absolute Gasteiger partial charge is 0.234 e. The van der Waals surface area contributed by atoms with Gasteiger partial charge in [0.25, 0.3) is 0 Å². The highest BCUT2D eigenvalue weighted by atomic mass is 35.5. The maximum absolute atomic E-state index is 12.2. The fourth-order valence-electron chi connectivity index (χ4n) is 2.40. The number of nitrogens with zero attached hydrogens (tertiary/aromatic N) is 3. The van der Waals surface area contributed by atoms with Crippen LogP contribution in [0.3, 0.4) is 0 Å². The Balaban J connectivity index is 1.60. The van der Waals surface area contributed by atoms with Gasteiger partial charge in [0.05, 0.1) is 11.4 Å². The summed E-state index contributed by atoms with van der Waals surface area (Å²) in [5, 5.41) is 14.7. The third-order valence-electron chi connectivity index (χ3n) is 3.77. The molecule has 0 aliphatic heterocycles. The molecule has 0 spiro atoms. The number of carbonyl (C=O) groups is 2. The molecule has 0 aliphatic carbocycles. The molecule has 2 amide bonds. The van der Waals surface area contributed by atoms with Gasteiger partial charge in [0.1, 0.15) is 6.33 Å². The normalized spacial score (nSPS) is 10.5. The molecule has 0 saturated carbocycles. The molecule has 1 aromatic heterocycles. The minimum absolute atomic E-state index is 0.146. The Bertz CT molecular complexity index is 1000. The van der Waals surface area contributed by atoms with E-state index in [0.717, 1.165) is 11.3 Å². The monoisotopic (exact) mass is 415 g/mol. The number of amides is 2. The Morgan fingerprint density at radius 3 is 2.43 bits per heavy atom. The highest BCUT2D eigenvalue weighted by Gasteiger charge is 2.11. The molecular formula is C19H18ClN5O2S. The summed E-state index contributed by atoms with van der Waals surface area (Å²) in [6.45, 7) is 3.37. The molecule has 3 rings (SSSR count). The number of thioether (sulfide) groups is 1. The maximum atomic E-state index is 12.2. The van der Waals surface area contributed by atoms with Crippen molar-refractivity contribution in [1.29, 1.82) is 0 Å². The van der Waals surface area contributed by atoms with Crippen LogP contribution in [0, 0.1) is 6.92 Å². The van der Waals surface area contributed by atoms with E-state index in [1.165, 1.54) is 18.7 Å². The fraction of sp³-hybridized carbons (Fsp3) is 0.158. The summed E-state index contributed by atoms with van der Waals surface area (Å²) >= 11 is 7.47. The molecule has 2 aromatic carbocycles. The summed E-state index contributed by atoms with van der Waals surface area (Å²) in [5.41, 5.74) is 3.13. The largest absolute Gasteiger partial charge is 0.326 e. The van der Waals surface area contributed by atoms with Crippen LogP contribution >= 0.6 is 23.4 Å². The van der Waals surface area contributed by atoms with E-state index in [0.29, 0.717) is 21.6 Å². The molecule has 9 heteroatoms. The summed E-state index contributed by atoms with van der Waals surface area (Å²) < 4.78 is 1.78. The van der Waals surface area contributed by atoms with E-state index in [9.17, 15) is 9.59 Å². The Morgan fingerprint density at radius 2 is 1.79 bits per heavy atom. The topological polar surface area (TPSA) is 88.9 Å². The molecule has 0 atom stereocenters. The molecule has 0 bridgehead atoms. The van der Waals surface area contributed by atoms with Crippen LogP contribution in [-0.2, 0) is 9.59 Å². The van der Waals surface area contributed by atoms with E-state index < -0.39 is 0 Å².